The highest BCUT2D eigenvalue weighted by atomic mass is 32.1. The third-order valence-corrected chi connectivity index (χ3v) is 7.08. The van der Waals surface area contributed by atoms with Crippen molar-refractivity contribution >= 4 is 23.4 Å². The van der Waals surface area contributed by atoms with E-state index in [1.54, 1.807) is 38.7 Å². The van der Waals surface area contributed by atoms with Gasteiger partial charge in [-0.15, -0.1) is 0 Å². The second-order valence-corrected chi connectivity index (χ2v) is 9.35. The Morgan fingerprint density at radius 2 is 1.89 bits per heavy atom. The molecule has 0 saturated carbocycles. The van der Waals surface area contributed by atoms with E-state index < -0.39 is 12.0 Å². The fraction of sp³-hybridized carbons (Fsp3) is 0.321. The van der Waals surface area contributed by atoms with Crippen LogP contribution < -0.4 is 29.1 Å². The SMILES string of the molecule is CCOC(=O)C1=C(C)N=c2sc(=Cc3ccc(OC)cc3C)c(=O)n2C1c1cccc(OC)c1OCC. The average Bonchev–Trinajstić information content (AvgIpc) is 3.19. The molecule has 1 unspecified atom stereocenters. The molecule has 8 nitrogen and oxygen atoms in total. The first-order chi connectivity index (χ1) is 17.8. The topological polar surface area (TPSA) is 88.4 Å². The Labute approximate surface area is 219 Å². The van der Waals surface area contributed by atoms with Crippen molar-refractivity contribution in [3.8, 4) is 17.2 Å². The van der Waals surface area contributed by atoms with Gasteiger partial charge in [-0.05, 0) is 63.1 Å². The molecular weight excluding hydrogens is 492 g/mol. The molecule has 1 aliphatic rings. The van der Waals surface area contributed by atoms with Gasteiger partial charge in [-0.3, -0.25) is 9.36 Å². The van der Waals surface area contributed by atoms with Crippen LogP contribution in [0.2, 0.25) is 0 Å². The van der Waals surface area contributed by atoms with E-state index in [0.29, 0.717) is 38.7 Å². The highest BCUT2D eigenvalue weighted by molar-refractivity contribution is 7.07. The van der Waals surface area contributed by atoms with E-state index >= 15 is 0 Å². The van der Waals surface area contributed by atoms with Crippen LogP contribution in [0.1, 0.15) is 43.5 Å². The Bertz CT molecular complexity index is 1550. The number of nitrogens with zero attached hydrogens (tertiary/aromatic N) is 2. The molecule has 9 heteroatoms. The molecule has 37 heavy (non-hydrogen) atoms. The first-order valence-corrected chi connectivity index (χ1v) is 12.8. The van der Waals surface area contributed by atoms with Gasteiger partial charge in [-0.2, -0.15) is 0 Å². The van der Waals surface area contributed by atoms with E-state index in [0.717, 1.165) is 16.9 Å². The third-order valence-electron chi connectivity index (χ3n) is 6.09. The molecule has 0 N–H and O–H groups in total. The summed E-state index contributed by atoms with van der Waals surface area (Å²) >= 11 is 1.27. The summed E-state index contributed by atoms with van der Waals surface area (Å²) in [6.07, 6.45) is 1.84. The molecule has 194 valence electrons. The Balaban J connectivity index is 2.01. The van der Waals surface area contributed by atoms with Crippen LogP contribution in [0, 0.1) is 6.92 Å². The fourth-order valence-corrected chi connectivity index (χ4v) is 5.41. The van der Waals surface area contributed by atoms with E-state index in [9.17, 15) is 9.59 Å². The number of esters is 1. The van der Waals surface area contributed by atoms with Crippen molar-refractivity contribution in [2.75, 3.05) is 27.4 Å². The van der Waals surface area contributed by atoms with Crippen LogP contribution in [0.3, 0.4) is 0 Å². The number of ether oxygens (including phenoxy) is 4. The van der Waals surface area contributed by atoms with Gasteiger partial charge in [0.25, 0.3) is 5.56 Å². The summed E-state index contributed by atoms with van der Waals surface area (Å²) in [6, 6.07) is 10.3. The van der Waals surface area contributed by atoms with Crippen LogP contribution in [-0.2, 0) is 9.53 Å². The average molecular weight is 523 g/mol. The lowest BCUT2D eigenvalue weighted by molar-refractivity contribution is -0.139. The zero-order chi connectivity index (χ0) is 26.7. The molecule has 4 rings (SSSR count). The molecule has 3 aromatic rings. The lowest BCUT2D eigenvalue weighted by atomic mass is 9.94. The summed E-state index contributed by atoms with van der Waals surface area (Å²) in [5.74, 6) is 1.19. The zero-order valence-electron chi connectivity index (χ0n) is 21.8. The lowest BCUT2D eigenvalue weighted by Gasteiger charge is -2.26. The number of aromatic nitrogens is 1. The van der Waals surface area contributed by atoms with Crippen molar-refractivity contribution in [1.82, 2.24) is 4.57 Å². The van der Waals surface area contributed by atoms with Crippen LogP contribution in [0.15, 0.2) is 57.5 Å². The molecule has 0 radical (unpaired) electrons. The summed E-state index contributed by atoms with van der Waals surface area (Å²) < 4.78 is 24.3. The van der Waals surface area contributed by atoms with Crippen LogP contribution in [-0.4, -0.2) is 38.0 Å². The number of thiazole rings is 1. The standard InChI is InChI=1S/C28H30N2O6S/c1-7-35-25-20(10-9-11-21(25)34-6)24-23(27(32)36-8-2)17(4)29-28-30(24)26(31)22(37-28)15-18-12-13-19(33-5)14-16(18)3/h9-15,24H,7-8H2,1-6H3. The Morgan fingerprint density at radius 1 is 1.11 bits per heavy atom. The normalized spacial score (nSPS) is 15.2. The van der Waals surface area contributed by atoms with E-state index in [1.165, 1.54) is 11.3 Å². The van der Waals surface area contributed by atoms with Gasteiger partial charge in [0.05, 0.1) is 43.2 Å². The second kappa shape index (κ2) is 11.0. The van der Waals surface area contributed by atoms with Crippen molar-refractivity contribution in [3.63, 3.8) is 0 Å². The number of fused-ring (bicyclic) bond motifs is 1. The van der Waals surface area contributed by atoms with Crippen LogP contribution in [0.5, 0.6) is 17.2 Å². The van der Waals surface area contributed by atoms with Gasteiger partial charge in [0.1, 0.15) is 11.8 Å². The van der Waals surface area contributed by atoms with E-state index in [4.69, 9.17) is 18.9 Å². The highest BCUT2D eigenvalue weighted by Crippen LogP contribution is 2.40. The van der Waals surface area contributed by atoms with Gasteiger partial charge in [0.15, 0.2) is 16.3 Å². The van der Waals surface area contributed by atoms with Crippen LogP contribution in [0.25, 0.3) is 6.08 Å². The number of carbonyl (C=O) groups is 1. The molecule has 0 amide bonds. The third kappa shape index (κ3) is 4.91. The van der Waals surface area contributed by atoms with E-state index in [2.05, 4.69) is 4.99 Å². The minimum absolute atomic E-state index is 0.194. The second-order valence-electron chi connectivity index (χ2n) is 8.34. The molecule has 0 aliphatic carbocycles. The first-order valence-electron chi connectivity index (χ1n) is 12.0. The molecule has 1 atom stereocenters. The summed E-state index contributed by atoms with van der Waals surface area (Å²) in [6.45, 7) is 7.90. The van der Waals surface area contributed by atoms with Crippen molar-refractivity contribution in [2.24, 2.45) is 4.99 Å². The van der Waals surface area contributed by atoms with Crippen molar-refractivity contribution < 1.29 is 23.7 Å². The number of rotatable bonds is 8. The minimum atomic E-state index is -0.800. The van der Waals surface area contributed by atoms with E-state index in [1.807, 2.05) is 50.3 Å². The summed E-state index contributed by atoms with van der Waals surface area (Å²) in [7, 11) is 3.17. The van der Waals surface area contributed by atoms with Gasteiger partial charge in [-0.25, -0.2) is 9.79 Å². The predicted molar refractivity (Wildman–Crippen MR) is 142 cm³/mol. The lowest BCUT2D eigenvalue weighted by Crippen LogP contribution is -2.40. The molecule has 0 saturated heterocycles. The maximum absolute atomic E-state index is 13.9. The minimum Gasteiger partial charge on any atom is -0.497 e. The number of allylic oxidation sites excluding steroid dienone is 1. The fourth-order valence-electron chi connectivity index (χ4n) is 4.37. The summed E-state index contributed by atoms with van der Waals surface area (Å²) in [4.78, 5) is 32.2. The maximum atomic E-state index is 13.9. The monoisotopic (exact) mass is 522 g/mol. The number of hydrogen-bond donors (Lipinski definition) is 0. The summed E-state index contributed by atoms with van der Waals surface area (Å²) in [5, 5.41) is 0. The smallest absolute Gasteiger partial charge is 0.338 e. The Kier molecular flexibility index (Phi) is 7.83. The van der Waals surface area contributed by atoms with Crippen molar-refractivity contribution in [1.29, 1.82) is 0 Å². The largest absolute Gasteiger partial charge is 0.497 e. The molecule has 0 bridgehead atoms. The molecule has 2 aromatic carbocycles. The number of hydrogen-bond acceptors (Lipinski definition) is 8. The number of benzene rings is 2. The summed E-state index contributed by atoms with van der Waals surface area (Å²) in [5.41, 5.74) is 2.99. The van der Waals surface area contributed by atoms with Gasteiger partial charge >= 0.3 is 5.97 Å². The first kappa shape index (κ1) is 26.2. The molecular formula is C28H30N2O6S. The van der Waals surface area contributed by atoms with E-state index in [-0.39, 0.29) is 17.7 Å². The number of para-hydroxylation sites is 1. The number of methoxy groups -OCH3 is 2. The quantitative estimate of drug-likeness (QED) is 0.421. The molecule has 1 aliphatic heterocycles. The Morgan fingerprint density at radius 3 is 2.54 bits per heavy atom. The van der Waals surface area contributed by atoms with Crippen LogP contribution >= 0.6 is 11.3 Å². The van der Waals surface area contributed by atoms with Crippen molar-refractivity contribution in [3.05, 3.63) is 84.0 Å². The Hall–Kier alpha value is -3.85. The molecule has 2 heterocycles. The number of carbonyl (C=O) groups excluding carboxylic acids is 1. The number of aryl methyl sites for hydroxylation is 1. The molecule has 0 spiro atoms. The van der Waals surface area contributed by atoms with Gasteiger partial charge in [-0.1, -0.05) is 29.5 Å². The molecule has 1 aromatic heterocycles. The maximum Gasteiger partial charge on any atom is 0.338 e. The van der Waals surface area contributed by atoms with Crippen LogP contribution in [0.4, 0.5) is 0 Å². The highest BCUT2D eigenvalue weighted by Gasteiger charge is 2.35. The van der Waals surface area contributed by atoms with Gasteiger partial charge in [0, 0.05) is 5.56 Å². The van der Waals surface area contributed by atoms with Gasteiger partial charge in [0.2, 0.25) is 0 Å². The van der Waals surface area contributed by atoms with Crippen molar-refractivity contribution in [2.45, 2.75) is 33.7 Å². The zero-order valence-corrected chi connectivity index (χ0v) is 22.6. The predicted octanol–water partition coefficient (Wildman–Crippen LogP) is 3.52. The van der Waals surface area contributed by atoms with Gasteiger partial charge < -0.3 is 18.9 Å². The molecule has 0 fully saturated rings.